The van der Waals surface area contributed by atoms with Crippen molar-refractivity contribution in [3.05, 3.63) is 53.1 Å². The average molecular weight is 362 g/mol. The second kappa shape index (κ2) is 7.74. The molecule has 2 atom stereocenters. The summed E-state index contributed by atoms with van der Waals surface area (Å²) in [5.74, 6) is 1.08. The largest absolute Gasteiger partial charge is 0.497 e. The Hall–Kier alpha value is -2.28. The van der Waals surface area contributed by atoms with E-state index in [0.717, 1.165) is 5.56 Å². The maximum absolute atomic E-state index is 12.6. The number of rotatable bonds is 5. The first-order valence-corrected chi connectivity index (χ1v) is 8.28. The second-order valence-electron chi connectivity index (χ2n) is 5.74. The Morgan fingerprint density at radius 3 is 2.56 bits per heavy atom. The van der Waals surface area contributed by atoms with Gasteiger partial charge in [-0.15, -0.1) is 0 Å². The van der Waals surface area contributed by atoms with E-state index in [1.54, 1.807) is 32.4 Å². The normalized spacial score (nSPS) is 19.5. The third-order valence-electron chi connectivity index (χ3n) is 4.16. The molecule has 1 fully saturated rings. The molecule has 1 aliphatic rings. The van der Waals surface area contributed by atoms with Gasteiger partial charge >= 0.3 is 0 Å². The zero-order valence-corrected chi connectivity index (χ0v) is 14.8. The highest BCUT2D eigenvalue weighted by Gasteiger charge is 2.30. The maximum atomic E-state index is 12.6. The van der Waals surface area contributed by atoms with Gasteiger partial charge in [-0.3, -0.25) is 4.79 Å². The summed E-state index contributed by atoms with van der Waals surface area (Å²) < 4.78 is 10.5. The van der Waals surface area contributed by atoms with E-state index in [2.05, 4.69) is 16.2 Å². The molecule has 1 amide bonds. The molecule has 7 heteroatoms. The molecule has 1 heterocycles. The first-order valence-electron chi connectivity index (χ1n) is 7.90. The van der Waals surface area contributed by atoms with E-state index in [1.807, 2.05) is 24.3 Å². The van der Waals surface area contributed by atoms with Crippen molar-refractivity contribution < 1.29 is 14.3 Å². The predicted molar refractivity (Wildman–Crippen MR) is 97.0 cm³/mol. The molecule has 1 saturated heterocycles. The van der Waals surface area contributed by atoms with Gasteiger partial charge in [-0.05, 0) is 36.2 Å². The summed E-state index contributed by atoms with van der Waals surface area (Å²) in [4.78, 5) is 12.6. The summed E-state index contributed by atoms with van der Waals surface area (Å²) in [5, 5.41) is 3.58. The number of hydrazine groups is 1. The number of methoxy groups -OCH3 is 2. The average Bonchev–Trinajstić information content (AvgIpc) is 3.12. The summed E-state index contributed by atoms with van der Waals surface area (Å²) in [6.07, 6.45) is 0.625. The van der Waals surface area contributed by atoms with Crippen molar-refractivity contribution in [2.45, 2.75) is 18.5 Å². The first-order chi connectivity index (χ1) is 12.1. The minimum Gasteiger partial charge on any atom is -0.497 e. The molecule has 0 aromatic heterocycles. The van der Waals surface area contributed by atoms with E-state index in [0.29, 0.717) is 28.6 Å². The van der Waals surface area contributed by atoms with Crippen LogP contribution >= 0.6 is 11.6 Å². The quantitative estimate of drug-likeness (QED) is 0.763. The molecular formula is C18H20ClN3O3. The summed E-state index contributed by atoms with van der Waals surface area (Å²) in [6, 6.07) is 12.5. The lowest BCUT2D eigenvalue weighted by Crippen LogP contribution is -2.39. The molecular weight excluding hydrogens is 342 g/mol. The lowest BCUT2D eigenvalue weighted by molar-refractivity contribution is -0.117. The van der Waals surface area contributed by atoms with Gasteiger partial charge in [0.05, 0.1) is 19.9 Å². The molecule has 0 radical (unpaired) electrons. The van der Waals surface area contributed by atoms with Crippen LogP contribution in [0.25, 0.3) is 0 Å². The Kier molecular flexibility index (Phi) is 5.43. The maximum Gasteiger partial charge on any atom is 0.243 e. The van der Waals surface area contributed by atoms with E-state index in [4.69, 9.17) is 21.1 Å². The minimum absolute atomic E-state index is 0.0419. The van der Waals surface area contributed by atoms with Crippen LogP contribution in [-0.4, -0.2) is 26.2 Å². The smallest absolute Gasteiger partial charge is 0.243 e. The van der Waals surface area contributed by atoms with Gasteiger partial charge in [-0.2, -0.15) is 0 Å². The van der Waals surface area contributed by atoms with Gasteiger partial charge in [-0.1, -0.05) is 23.7 Å². The molecule has 0 saturated carbocycles. The third-order valence-corrected chi connectivity index (χ3v) is 4.41. The van der Waals surface area contributed by atoms with Crippen LogP contribution in [0.3, 0.4) is 0 Å². The molecule has 0 spiro atoms. The van der Waals surface area contributed by atoms with Crippen molar-refractivity contribution in [3.8, 4) is 11.5 Å². The molecule has 1 aliphatic heterocycles. The monoisotopic (exact) mass is 361 g/mol. The van der Waals surface area contributed by atoms with Crippen molar-refractivity contribution in [2.24, 2.45) is 0 Å². The Morgan fingerprint density at radius 2 is 1.88 bits per heavy atom. The summed E-state index contributed by atoms with van der Waals surface area (Å²) in [7, 11) is 3.13. The fourth-order valence-electron chi connectivity index (χ4n) is 2.77. The van der Waals surface area contributed by atoms with E-state index in [-0.39, 0.29) is 18.0 Å². The van der Waals surface area contributed by atoms with Crippen molar-refractivity contribution >= 4 is 23.2 Å². The Morgan fingerprint density at radius 1 is 1.12 bits per heavy atom. The molecule has 6 nitrogen and oxygen atoms in total. The molecule has 132 valence electrons. The SMILES string of the molecule is COc1ccc(OC)c(NC(=O)C2CC(c3ccc(Cl)cc3)NN2)c1. The van der Waals surface area contributed by atoms with Crippen LogP contribution in [0.2, 0.25) is 5.02 Å². The molecule has 2 aromatic rings. The Bertz CT molecular complexity index is 752. The summed E-state index contributed by atoms with van der Waals surface area (Å²) in [5.41, 5.74) is 7.84. The fraction of sp³-hybridized carbons (Fsp3) is 0.278. The van der Waals surface area contributed by atoms with Crippen LogP contribution in [0.4, 0.5) is 5.69 Å². The number of amides is 1. The van der Waals surface area contributed by atoms with E-state index < -0.39 is 0 Å². The minimum atomic E-state index is -0.364. The van der Waals surface area contributed by atoms with E-state index >= 15 is 0 Å². The number of halogens is 1. The van der Waals surface area contributed by atoms with Crippen LogP contribution < -0.4 is 25.6 Å². The number of benzene rings is 2. The molecule has 0 aliphatic carbocycles. The number of carbonyl (C=O) groups is 1. The van der Waals surface area contributed by atoms with Crippen molar-refractivity contribution in [3.63, 3.8) is 0 Å². The fourth-order valence-corrected chi connectivity index (χ4v) is 2.90. The summed E-state index contributed by atoms with van der Waals surface area (Å²) in [6.45, 7) is 0. The Labute approximate surface area is 151 Å². The van der Waals surface area contributed by atoms with Crippen LogP contribution in [0, 0.1) is 0 Å². The van der Waals surface area contributed by atoms with Crippen molar-refractivity contribution in [1.29, 1.82) is 0 Å². The zero-order chi connectivity index (χ0) is 17.8. The molecule has 3 N–H and O–H groups in total. The molecule has 2 unspecified atom stereocenters. The Balaban J connectivity index is 1.67. The van der Waals surface area contributed by atoms with Gasteiger partial charge in [0.2, 0.25) is 5.91 Å². The van der Waals surface area contributed by atoms with Crippen LogP contribution in [-0.2, 0) is 4.79 Å². The number of carbonyl (C=O) groups excluding carboxylic acids is 1. The van der Waals surface area contributed by atoms with Gasteiger partial charge in [0, 0.05) is 17.1 Å². The van der Waals surface area contributed by atoms with Crippen molar-refractivity contribution in [2.75, 3.05) is 19.5 Å². The van der Waals surface area contributed by atoms with Gasteiger partial charge in [0.25, 0.3) is 0 Å². The van der Waals surface area contributed by atoms with E-state index in [1.165, 1.54) is 0 Å². The zero-order valence-electron chi connectivity index (χ0n) is 14.0. The van der Waals surface area contributed by atoms with E-state index in [9.17, 15) is 4.79 Å². The number of ether oxygens (including phenoxy) is 2. The first kappa shape index (κ1) is 17.5. The van der Waals surface area contributed by atoms with Gasteiger partial charge in [0.1, 0.15) is 17.5 Å². The van der Waals surface area contributed by atoms with Crippen LogP contribution in [0.15, 0.2) is 42.5 Å². The number of hydrogen-bond donors (Lipinski definition) is 3. The van der Waals surface area contributed by atoms with Crippen LogP contribution in [0.1, 0.15) is 18.0 Å². The predicted octanol–water partition coefficient (Wildman–Crippen LogP) is 2.90. The van der Waals surface area contributed by atoms with Gasteiger partial charge in [0.15, 0.2) is 0 Å². The van der Waals surface area contributed by atoms with Crippen LogP contribution in [0.5, 0.6) is 11.5 Å². The summed E-state index contributed by atoms with van der Waals surface area (Å²) >= 11 is 5.92. The van der Waals surface area contributed by atoms with Gasteiger partial charge < -0.3 is 14.8 Å². The molecule has 3 rings (SSSR count). The molecule has 0 bridgehead atoms. The lowest BCUT2D eigenvalue weighted by atomic mass is 10.0. The number of nitrogens with one attached hydrogen (secondary N) is 3. The highest BCUT2D eigenvalue weighted by molar-refractivity contribution is 6.30. The standard InChI is InChI=1S/C18H20ClN3O3/c1-24-13-7-8-17(25-2)15(9-13)20-18(23)16-10-14(21-22-16)11-3-5-12(19)6-4-11/h3-9,14,16,21-22H,10H2,1-2H3,(H,20,23). The lowest BCUT2D eigenvalue weighted by Gasteiger charge is -2.14. The number of anilines is 1. The van der Waals surface area contributed by atoms with Gasteiger partial charge in [-0.25, -0.2) is 10.9 Å². The molecule has 25 heavy (non-hydrogen) atoms. The molecule has 2 aromatic carbocycles. The topological polar surface area (TPSA) is 71.6 Å². The third kappa shape index (κ3) is 4.04. The highest BCUT2D eigenvalue weighted by Crippen LogP contribution is 2.30. The number of hydrogen-bond acceptors (Lipinski definition) is 5. The highest BCUT2D eigenvalue weighted by atomic mass is 35.5. The van der Waals surface area contributed by atoms with Crippen molar-refractivity contribution in [1.82, 2.24) is 10.9 Å². The second-order valence-corrected chi connectivity index (χ2v) is 6.17.